The van der Waals surface area contributed by atoms with Crippen molar-refractivity contribution in [3.63, 3.8) is 0 Å². The van der Waals surface area contributed by atoms with Gasteiger partial charge in [0, 0.05) is 35.8 Å². The third-order valence-electron chi connectivity index (χ3n) is 6.68. The van der Waals surface area contributed by atoms with Crippen LogP contribution < -0.4 is 20.4 Å². The first-order chi connectivity index (χ1) is 21.2. The molecule has 2 aromatic carbocycles. The zero-order valence-corrected chi connectivity index (χ0v) is 24.3. The highest BCUT2D eigenvalue weighted by Gasteiger charge is 2.38. The molecule has 0 unspecified atom stereocenters. The predicted molar refractivity (Wildman–Crippen MR) is 152 cm³/mol. The van der Waals surface area contributed by atoms with Crippen LogP contribution in [0.4, 0.5) is 44.2 Å². The number of carboxylic acids is 1. The number of rotatable bonds is 5. The lowest BCUT2D eigenvalue weighted by atomic mass is 9.97. The van der Waals surface area contributed by atoms with E-state index in [0.717, 1.165) is 22.6 Å². The van der Waals surface area contributed by atoms with Gasteiger partial charge in [0.2, 0.25) is 5.95 Å². The Bertz CT molecular complexity index is 1590. The number of aryl methyl sites for hydroxylation is 1. The molecule has 3 heterocycles. The van der Waals surface area contributed by atoms with Crippen LogP contribution >= 0.6 is 0 Å². The molecule has 16 heteroatoms. The van der Waals surface area contributed by atoms with Crippen molar-refractivity contribution in [2.24, 2.45) is 0 Å². The van der Waals surface area contributed by atoms with Gasteiger partial charge in [0.05, 0.1) is 25.5 Å². The summed E-state index contributed by atoms with van der Waals surface area (Å²) in [6.45, 7) is 7.63. The summed E-state index contributed by atoms with van der Waals surface area (Å²) in [6, 6.07) is 7.95. The number of urea groups is 1. The summed E-state index contributed by atoms with van der Waals surface area (Å²) in [5.41, 5.74) is 2.35. The Kier molecular flexibility index (Phi) is 9.85. The molecule has 2 aliphatic heterocycles. The molecule has 3 N–H and O–H groups in total. The molecular weight excluding hydrogens is 607 g/mol. The van der Waals surface area contributed by atoms with E-state index in [1.165, 1.54) is 6.07 Å². The number of nitrogens with zero attached hydrogens (tertiary/aromatic N) is 4. The first-order valence-electron chi connectivity index (χ1n) is 13.7. The average molecular weight is 637 g/mol. The lowest BCUT2D eigenvalue weighted by Crippen LogP contribution is -2.44. The van der Waals surface area contributed by atoms with Gasteiger partial charge in [-0.2, -0.15) is 18.2 Å². The molecule has 1 saturated heterocycles. The second-order valence-electron chi connectivity index (χ2n) is 10.3. The number of anilines is 3. The van der Waals surface area contributed by atoms with Gasteiger partial charge in [0.25, 0.3) is 5.91 Å². The third-order valence-corrected chi connectivity index (χ3v) is 6.68. The number of ether oxygens (including phenoxy) is 1. The monoisotopic (exact) mass is 636 g/mol. The number of carbonyl (C=O) groups is 3. The molecule has 3 aromatic rings. The summed E-state index contributed by atoms with van der Waals surface area (Å²) < 4.78 is 67.0. The number of para-hydroxylation sites is 1. The van der Waals surface area contributed by atoms with Crippen LogP contribution in [0.5, 0.6) is 0 Å². The second kappa shape index (κ2) is 13.4. The summed E-state index contributed by atoms with van der Waals surface area (Å²) in [5.74, 6) is -4.40. The maximum absolute atomic E-state index is 14.9. The average Bonchev–Trinajstić information content (AvgIpc) is 2.97. The fourth-order valence-electron chi connectivity index (χ4n) is 4.55. The first-order valence-corrected chi connectivity index (χ1v) is 13.7. The molecular formula is C29H29F5N6O5. The number of nitrogens with one attached hydrogen (secondary N) is 2. The number of carboxylic acid groups (broad SMARTS) is 1. The lowest BCUT2D eigenvalue weighted by Gasteiger charge is -2.33. The van der Waals surface area contributed by atoms with Crippen LogP contribution in [0.3, 0.4) is 0 Å². The van der Waals surface area contributed by atoms with Crippen LogP contribution in [0.25, 0.3) is 11.3 Å². The second-order valence-corrected chi connectivity index (χ2v) is 10.3. The summed E-state index contributed by atoms with van der Waals surface area (Å²) in [5, 5.41) is 12.7. The Labute approximate surface area is 254 Å². The highest BCUT2D eigenvalue weighted by molar-refractivity contribution is 6.02. The fourth-order valence-corrected chi connectivity index (χ4v) is 4.55. The van der Waals surface area contributed by atoms with Crippen LogP contribution in [0, 0.1) is 18.6 Å². The van der Waals surface area contributed by atoms with Gasteiger partial charge in [-0.25, -0.2) is 28.3 Å². The number of aromatic nitrogens is 2. The van der Waals surface area contributed by atoms with Crippen molar-refractivity contribution in [2.75, 3.05) is 36.1 Å². The van der Waals surface area contributed by atoms with Crippen LogP contribution in [0.1, 0.15) is 35.3 Å². The van der Waals surface area contributed by atoms with Gasteiger partial charge in [0.1, 0.15) is 17.3 Å². The van der Waals surface area contributed by atoms with Gasteiger partial charge in [-0.15, -0.1) is 0 Å². The quantitative estimate of drug-likeness (QED) is 0.343. The van der Waals surface area contributed by atoms with Crippen molar-refractivity contribution in [1.82, 2.24) is 20.6 Å². The van der Waals surface area contributed by atoms with Gasteiger partial charge in [0.15, 0.2) is 5.82 Å². The Morgan fingerprint density at radius 2 is 1.69 bits per heavy atom. The van der Waals surface area contributed by atoms with Crippen molar-refractivity contribution in [2.45, 2.75) is 39.5 Å². The van der Waals surface area contributed by atoms with Crippen LogP contribution in [-0.4, -0.2) is 71.5 Å². The summed E-state index contributed by atoms with van der Waals surface area (Å²) in [6.07, 6.45) is -5.08. The minimum atomic E-state index is -5.08. The van der Waals surface area contributed by atoms with Gasteiger partial charge >= 0.3 is 18.2 Å². The number of carbonyl (C=O) groups excluding carboxylic acids is 2. The van der Waals surface area contributed by atoms with E-state index in [1.807, 2.05) is 31.7 Å². The number of hydrogen-bond donors (Lipinski definition) is 3. The van der Waals surface area contributed by atoms with Gasteiger partial charge in [-0.05, 0) is 50.6 Å². The molecule has 0 atom stereocenters. The van der Waals surface area contributed by atoms with Crippen molar-refractivity contribution < 1.29 is 46.2 Å². The maximum atomic E-state index is 14.9. The number of fused-ring (bicyclic) bond motifs is 1. The Balaban J connectivity index is 0.000000591. The number of halogens is 5. The molecule has 11 nitrogen and oxygen atoms in total. The van der Waals surface area contributed by atoms with E-state index >= 15 is 0 Å². The predicted octanol–water partition coefficient (Wildman–Crippen LogP) is 4.70. The normalized spacial score (nSPS) is 14.7. The Morgan fingerprint density at radius 1 is 1.07 bits per heavy atom. The van der Waals surface area contributed by atoms with E-state index < -0.39 is 35.5 Å². The highest BCUT2D eigenvalue weighted by atomic mass is 19.4. The smallest absolute Gasteiger partial charge is 0.475 e. The van der Waals surface area contributed by atoms with Crippen molar-refractivity contribution in [3.8, 4) is 11.3 Å². The lowest BCUT2D eigenvalue weighted by molar-refractivity contribution is -0.192. The van der Waals surface area contributed by atoms with E-state index in [0.29, 0.717) is 54.6 Å². The molecule has 240 valence electrons. The molecule has 5 rings (SSSR count). The van der Waals surface area contributed by atoms with E-state index in [9.17, 15) is 31.5 Å². The number of morpholine rings is 1. The molecule has 45 heavy (non-hydrogen) atoms. The largest absolute Gasteiger partial charge is 0.490 e. The minimum Gasteiger partial charge on any atom is -0.475 e. The zero-order valence-electron chi connectivity index (χ0n) is 24.3. The molecule has 3 amide bonds. The molecule has 0 saturated carbocycles. The van der Waals surface area contributed by atoms with Crippen molar-refractivity contribution >= 4 is 35.4 Å². The minimum absolute atomic E-state index is 0.0430. The van der Waals surface area contributed by atoms with Crippen LogP contribution in [0.15, 0.2) is 36.4 Å². The maximum Gasteiger partial charge on any atom is 0.490 e. The standard InChI is InChI=1S/C27H28F2N6O3.C2HF3O2/c1-15(2)31-25(36)17-8-7-16(3)18(13-17)22-19-14-30-27(37)35(23-20(28)5-4-6-21(23)29)24(19)33-26(32-22)34-9-11-38-12-10-34;3-2(4,5)1(6)7/h4-8,13,15H,9-12,14H2,1-3H3,(H,30,37)(H,31,36);(H,6,7). The van der Waals surface area contributed by atoms with Gasteiger partial charge in [-0.3, -0.25) is 4.79 Å². The molecule has 0 spiro atoms. The fraction of sp³-hybridized carbons (Fsp3) is 0.345. The van der Waals surface area contributed by atoms with Gasteiger partial charge in [-0.1, -0.05) is 12.1 Å². The number of benzene rings is 2. The van der Waals surface area contributed by atoms with Gasteiger partial charge < -0.3 is 25.4 Å². The van der Waals surface area contributed by atoms with E-state index in [1.54, 1.807) is 12.1 Å². The number of hydrogen-bond acceptors (Lipinski definition) is 7. The molecule has 1 fully saturated rings. The van der Waals surface area contributed by atoms with Crippen LogP contribution in [-0.2, 0) is 16.1 Å². The summed E-state index contributed by atoms with van der Waals surface area (Å²) >= 11 is 0. The topological polar surface area (TPSA) is 137 Å². The number of amides is 3. The van der Waals surface area contributed by atoms with Crippen molar-refractivity contribution in [3.05, 3.63) is 64.7 Å². The SMILES string of the molecule is Cc1ccc(C(=O)NC(C)C)cc1-c1nc(N2CCOCC2)nc2c1CNC(=O)N2c1c(F)cccc1F.O=C(O)C(F)(F)F. The van der Waals surface area contributed by atoms with E-state index in [4.69, 9.17) is 19.6 Å². The van der Waals surface area contributed by atoms with E-state index in [2.05, 4.69) is 15.6 Å². The van der Waals surface area contributed by atoms with E-state index in [-0.39, 0.29) is 24.3 Å². The summed E-state index contributed by atoms with van der Waals surface area (Å²) in [7, 11) is 0. The Morgan fingerprint density at radius 3 is 2.27 bits per heavy atom. The molecule has 0 radical (unpaired) electrons. The van der Waals surface area contributed by atoms with Crippen LogP contribution in [0.2, 0.25) is 0 Å². The first kappa shape index (κ1) is 33.0. The number of alkyl halides is 3. The zero-order chi connectivity index (χ0) is 33.1. The molecule has 0 bridgehead atoms. The molecule has 1 aromatic heterocycles. The summed E-state index contributed by atoms with van der Waals surface area (Å²) in [4.78, 5) is 47.1. The molecule has 2 aliphatic rings. The van der Waals surface area contributed by atoms with Crippen molar-refractivity contribution in [1.29, 1.82) is 0 Å². The molecule has 0 aliphatic carbocycles. The highest BCUT2D eigenvalue weighted by Crippen LogP contribution is 2.39. The Hall–Kier alpha value is -4.86. The third kappa shape index (κ3) is 7.45. The number of aliphatic carboxylic acids is 1.